The maximum absolute atomic E-state index is 13.7. The predicted octanol–water partition coefficient (Wildman–Crippen LogP) is 3.02. The second-order valence-corrected chi connectivity index (χ2v) is 8.33. The fourth-order valence-corrected chi connectivity index (χ4v) is 4.98. The molecule has 3 fully saturated rings. The monoisotopic (exact) mass is 412 g/mol. The zero-order valence-corrected chi connectivity index (χ0v) is 16.1. The van der Waals surface area contributed by atoms with E-state index in [4.69, 9.17) is 14.7 Å². The summed E-state index contributed by atoms with van der Waals surface area (Å²) in [6.07, 6.45) is 2.67. The molecule has 9 heteroatoms. The van der Waals surface area contributed by atoms with Crippen LogP contribution in [0.2, 0.25) is 0 Å². The molecular weight excluding hydrogens is 394 g/mol. The van der Waals surface area contributed by atoms with Crippen LogP contribution in [0, 0.1) is 23.0 Å². The summed E-state index contributed by atoms with van der Waals surface area (Å²) in [7, 11) is 0. The van der Waals surface area contributed by atoms with Crippen molar-refractivity contribution in [3.63, 3.8) is 0 Å². The van der Waals surface area contributed by atoms with E-state index in [0.29, 0.717) is 31.2 Å². The van der Waals surface area contributed by atoms with Crippen molar-refractivity contribution in [2.45, 2.75) is 56.1 Å². The summed E-state index contributed by atoms with van der Waals surface area (Å²) in [4.78, 5) is 22.7. The Bertz CT molecular complexity index is 1060. The number of carbonyl (C=O) groups is 1. The van der Waals surface area contributed by atoms with Gasteiger partial charge in [-0.25, -0.2) is 18.7 Å². The number of nitriles is 1. The average molecular weight is 412 g/mol. The van der Waals surface area contributed by atoms with Crippen LogP contribution in [0.5, 0.6) is 5.88 Å². The zero-order valence-electron chi connectivity index (χ0n) is 16.1. The normalized spacial score (nSPS) is 32.1. The highest BCUT2D eigenvalue weighted by molar-refractivity contribution is 5.89. The number of aromatic nitrogens is 2. The van der Waals surface area contributed by atoms with Gasteiger partial charge < -0.3 is 14.4 Å². The molecule has 3 aliphatic rings. The Hall–Kier alpha value is -3.12. The number of carbonyl (C=O) groups excluding carboxylic acids is 1. The lowest BCUT2D eigenvalue weighted by Gasteiger charge is -2.49. The molecule has 0 N–H and O–H groups in total. The summed E-state index contributed by atoms with van der Waals surface area (Å²) in [5, 5.41) is 8.97. The minimum atomic E-state index is -1.00. The average Bonchev–Trinajstić information content (AvgIpc) is 3.19. The highest BCUT2D eigenvalue weighted by atomic mass is 19.1. The van der Waals surface area contributed by atoms with E-state index in [0.717, 1.165) is 6.07 Å². The standard InChI is InChI=1S/C21H18F2N4O3/c1-20(29-17-7-15(8-24)25-11-26-17)9-21(10-20)19(28)27-16(2-3-18(27)30-21)12-4-13(22)6-14(23)5-12/h4-7,11,16,18H,2-3,9-10H2,1H3/t16-,18+,20?,21?/m0/s1. The van der Waals surface area contributed by atoms with Crippen molar-refractivity contribution in [3.05, 3.63) is 53.5 Å². The number of benzene rings is 1. The van der Waals surface area contributed by atoms with Crippen LogP contribution in [0.25, 0.3) is 0 Å². The number of nitrogens with zero attached hydrogens (tertiary/aromatic N) is 4. The van der Waals surface area contributed by atoms with E-state index in [9.17, 15) is 13.6 Å². The van der Waals surface area contributed by atoms with Crippen molar-refractivity contribution in [2.75, 3.05) is 0 Å². The lowest BCUT2D eigenvalue weighted by atomic mass is 9.67. The predicted molar refractivity (Wildman–Crippen MR) is 97.8 cm³/mol. The second-order valence-electron chi connectivity index (χ2n) is 8.33. The lowest BCUT2D eigenvalue weighted by Crippen LogP contribution is -2.62. The Kier molecular flexibility index (Phi) is 4.05. The Balaban J connectivity index is 1.33. The number of fused-ring (bicyclic) bond motifs is 1. The van der Waals surface area contributed by atoms with Crippen molar-refractivity contribution in [2.24, 2.45) is 0 Å². The number of halogens is 2. The van der Waals surface area contributed by atoms with Crippen LogP contribution in [0.4, 0.5) is 8.78 Å². The Morgan fingerprint density at radius 2 is 1.93 bits per heavy atom. The third-order valence-corrected chi connectivity index (χ3v) is 6.02. The van der Waals surface area contributed by atoms with Crippen LogP contribution in [0.15, 0.2) is 30.6 Å². The molecule has 0 radical (unpaired) electrons. The fourth-order valence-electron chi connectivity index (χ4n) is 4.98. The first-order chi connectivity index (χ1) is 14.3. The third kappa shape index (κ3) is 2.91. The number of amides is 1. The van der Waals surface area contributed by atoms with E-state index in [2.05, 4.69) is 9.97 Å². The number of hydrogen-bond acceptors (Lipinski definition) is 6. The van der Waals surface area contributed by atoms with Crippen LogP contribution < -0.4 is 4.74 Å². The van der Waals surface area contributed by atoms with E-state index < -0.39 is 35.1 Å². The molecule has 2 aliphatic heterocycles. The third-order valence-electron chi connectivity index (χ3n) is 6.02. The van der Waals surface area contributed by atoms with Crippen LogP contribution in [0.3, 0.4) is 0 Å². The summed E-state index contributed by atoms with van der Waals surface area (Å²) in [5.74, 6) is -1.25. The lowest BCUT2D eigenvalue weighted by molar-refractivity contribution is -0.187. The first-order valence-electron chi connectivity index (χ1n) is 9.69. The van der Waals surface area contributed by atoms with E-state index in [1.165, 1.54) is 24.5 Å². The van der Waals surface area contributed by atoms with Gasteiger partial charge in [-0.3, -0.25) is 4.79 Å². The van der Waals surface area contributed by atoms with Crippen LogP contribution in [-0.4, -0.2) is 38.2 Å². The van der Waals surface area contributed by atoms with Gasteiger partial charge in [0.1, 0.15) is 41.6 Å². The van der Waals surface area contributed by atoms with Gasteiger partial charge in [-0.2, -0.15) is 5.26 Å². The molecule has 5 rings (SSSR count). The van der Waals surface area contributed by atoms with Gasteiger partial charge in [-0.05, 0) is 37.5 Å². The first-order valence-corrected chi connectivity index (χ1v) is 9.69. The molecule has 1 amide bonds. The van der Waals surface area contributed by atoms with Crippen LogP contribution in [-0.2, 0) is 9.53 Å². The molecule has 2 atom stereocenters. The van der Waals surface area contributed by atoms with Crippen molar-refractivity contribution in [1.29, 1.82) is 5.26 Å². The van der Waals surface area contributed by atoms with Crippen LogP contribution in [0.1, 0.15) is 49.9 Å². The molecule has 0 unspecified atom stereocenters. The van der Waals surface area contributed by atoms with Gasteiger partial charge in [-0.15, -0.1) is 0 Å². The molecule has 154 valence electrons. The molecule has 0 bridgehead atoms. The minimum absolute atomic E-state index is 0.179. The van der Waals surface area contributed by atoms with Gasteiger partial charge >= 0.3 is 0 Å². The molecule has 1 aliphatic carbocycles. The van der Waals surface area contributed by atoms with E-state index in [-0.39, 0.29) is 17.5 Å². The fraction of sp³-hybridized carbons (Fsp3) is 0.429. The van der Waals surface area contributed by atoms with Crippen LogP contribution >= 0.6 is 0 Å². The minimum Gasteiger partial charge on any atom is -0.471 e. The Morgan fingerprint density at radius 1 is 1.20 bits per heavy atom. The Morgan fingerprint density at radius 3 is 2.63 bits per heavy atom. The number of hydrogen-bond donors (Lipinski definition) is 0. The van der Waals surface area contributed by atoms with Gasteiger partial charge in [0.2, 0.25) is 5.88 Å². The van der Waals surface area contributed by atoms with Crippen molar-refractivity contribution >= 4 is 5.91 Å². The summed E-state index contributed by atoms with van der Waals surface area (Å²) >= 11 is 0. The summed E-state index contributed by atoms with van der Waals surface area (Å²) in [6.45, 7) is 1.85. The van der Waals surface area contributed by atoms with Gasteiger partial charge in [-0.1, -0.05) is 0 Å². The molecule has 30 heavy (non-hydrogen) atoms. The maximum Gasteiger partial charge on any atom is 0.257 e. The van der Waals surface area contributed by atoms with Crippen molar-refractivity contribution in [1.82, 2.24) is 14.9 Å². The molecule has 1 aromatic heterocycles. The van der Waals surface area contributed by atoms with E-state index in [1.807, 2.05) is 13.0 Å². The molecule has 7 nitrogen and oxygen atoms in total. The molecule has 1 saturated carbocycles. The van der Waals surface area contributed by atoms with Crippen molar-refractivity contribution < 1.29 is 23.0 Å². The quantitative estimate of drug-likeness (QED) is 0.770. The number of ether oxygens (including phenoxy) is 2. The van der Waals surface area contributed by atoms with Gasteiger partial charge in [0.15, 0.2) is 5.60 Å². The molecule has 1 spiro atoms. The maximum atomic E-state index is 13.7. The highest BCUT2D eigenvalue weighted by Gasteiger charge is 2.67. The summed E-state index contributed by atoms with van der Waals surface area (Å²) in [5.41, 5.74) is -1.06. The molecule has 2 aromatic rings. The largest absolute Gasteiger partial charge is 0.471 e. The zero-order chi connectivity index (χ0) is 21.1. The topological polar surface area (TPSA) is 88.3 Å². The van der Waals surface area contributed by atoms with Crippen molar-refractivity contribution in [3.8, 4) is 11.9 Å². The van der Waals surface area contributed by atoms with Gasteiger partial charge in [0, 0.05) is 25.0 Å². The van der Waals surface area contributed by atoms with Gasteiger partial charge in [0.05, 0.1) is 6.04 Å². The summed E-state index contributed by atoms with van der Waals surface area (Å²) < 4.78 is 39.4. The Labute approximate surface area is 171 Å². The molecular formula is C21H18F2N4O3. The number of rotatable bonds is 3. The molecule has 2 saturated heterocycles. The SMILES string of the molecule is CC1(Oc2cc(C#N)ncn2)CC2(C1)O[C@@H]1CC[C@@H](c3cc(F)cc(F)c3)N1C2=O. The molecule has 3 heterocycles. The highest BCUT2D eigenvalue weighted by Crippen LogP contribution is 2.55. The van der Waals surface area contributed by atoms with E-state index in [1.54, 1.807) is 4.90 Å². The second kappa shape index (κ2) is 6.44. The molecule has 1 aromatic carbocycles. The van der Waals surface area contributed by atoms with E-state index >= 15 is 0 Å². The van der Waals surface area contributed by atoms with Gasteiger partial charge in [0.25, 0.3) is 5.91 Å². The smallest absolute Gasteiger partial charge is 0.257 e. The summed E-state index contributed by atoms with van der Waals surface area (Å²) in [6, 6.07) is 6.31. The first kappa shape index (κ1) is 18.9.